The lowest BCUT2D eigenvalue weighted by molar-refractivity contribution is -0.116. The number of fused-ring (bicyclic) bond motifs is 1. The minimum atomic E-state index is -0.0929. The highest BCUT2D eigenvalue weighted by Gasteiger charge is 2.15. The van der Waals surface area contributed by atoms with Crippen molar-refractivity contribution in [1.82, 2.24) is 15.2 Å². The monoisotopic (exact) mass is 303 g/mol. The molecule has 21 heavy (non-hydrogen) atoms. The summed E-state index contributed by atoms with van der Waals surface area (Å²) in [5.41, 5.74) is 2.10. The van der Waals surface area contributed by atoms with Gasteiger partial charge in [-0.15, -0.1) is 0 Å². The topological polar surface area (TPSA) is 69.6 Å². The average molecular weight is 303 g/mol. The van der Waals surface area contributed by atoms with Crippen LogP contribution < -0.4 is 10.6 Å². The number of aryl methyl sites for hydroxylation is 1. The van der Waals surface area contributed by atoms with Crippen molar-refractivity contribution in [2.24, 2.45) is 4.99 Å². The molecule has 7 heteroatoms. The molecule has 2 N–H and O–H groups in total. The number of nitrogens with one attached hydrogen (secondary N) is 2. The van der Waals surface area contributed by atoms with Gasteiger partial charge in [0, 0.05) is 13.6 Å². The van der Waals surface area contributed by atoms with Crippen molar-refractivity contribution < 1.29 is 4.79 Å². The summed E-state index contributed by atoms with van der Waals surface area (Å²) in [5, 5.41) is 6.62. The first-order valence-corrected chi connectivity index (χ1v) is 7.60. The number of rotatable bonds is 3. The van der Waals surface area contributed by atoms with E-state index in [9.17, 15) is 4.79 Å². The number of aromatic nitrogens is 1. The molecule has 0 aliphatic carbocycles. The Bertz CT molecular complexity index is 708. The van der Waals surface area contributed by atoms with Crippen LogP contribution in [0.15, 0.2) is 23.2 Å². The van der Waals surface area contributed by atoms with E-state index in [1.807, 2.05) is 26.1 Å². The van der Waals surface area contributed by atoms with Gasteiger partial charge in [0.05, 0.1) is 23.3 Å². The van der Waals surface area contributed by atoms with Crippen LogP contribution in [0.4, 0.5) is 5.13 Å². The van der Waals surface area contributed by atoms with Gasteiger partial charge in [0.2, 0.25) is 5.91 Å². The number of aliphatic imine (C=N–C) groups is 1. The lowest BCUT2D eigenvalue weighted by Crippen LogP contribution is -2.40. The maximum Gasteiger partial charge on any atom is 0.245 e. The lowest BCUT2D eigenvalue weighted by atomic mass is 10.2. The van der Waals surface area contributed by atoms with Crippen molar-refractivity contribution in [2.45, 2.75) is 6.92 Å². The van der Waals surface area contributed by atoms with Gasteiger partial charge < -0.3 is 15.5 Å². The molecule has 110 valence electrons. The van der Waals surface area contributed by atoms with Crippen LogP contribution in [0.2, 0.25) is 0 Å². The first-order valence-electron chi connectivity index (χ1n) is 6.78. The van der Waals surface area contributed by atoms with Gasteiger partial charge in [0.25, 0.3) is 0 Å². The molecule has 2 heterocycles. The molecule has 0 saturated carbocycles. The molecule has 3 rings (SSSR count). The third-order valence-electron chi connectivity index (χ3n) is 3.19. The predicted octanol–water partition coefficient (Wildman–Crippen LogP) is 1.43. The zero-order valence-corrected chi connectivity index (χ0v) is 12.8. The van der Waals surface area contributed by atoms with Crippen LogP contribution in [0.5, 0.6) is 0 Å². The fraction of sp³-hybridized carbons (Fsp3) is 0.357. The minimum Gasteiger partial charge on any atom is -0.354 e. The third kappa shape index (κ3) is 3.13. The van der Waals surface area contributed by atoms with Crippen molar-refractivity contribution >= 4 is 38.6 Å². The summed E-state index contributed by atoms with van der Waals surface area (Å²) in [7, 11) is 1.85. The third-order valence-corrected chi connectivity index (χ3v) is 4.12. The van der Waals surface area contributed by atoms with Crippen molar-refractivity contribution in [3.8, 4) is 0 Å². The summed E-state index contributed by atoms with van der Waals surface area (Å²) in [5.74, 6) is 0.676. The number of carbonyl (C=O) groups excluding carboxylic acids is 1. The Labute approximate surface area is 126 Å². The Morgan fingerprint density at radius 1 is 1.52 bits per heavy atom. The highest BCUT2D eigenvalue weighted by molar-refractivity contribution is 7.22. The molecule has 0 fully saturated rings. The Morgan fingerprint density at radius 2 is 2.38 bits per heavy atom. The molecular weight excluding hydrogens is 286 g/mol. The van der Waals surface area contributed by atoms with Gasteiger partial charge >= 0.3 is 0 Å². The molecule has 0 saturated heterocycles. The molecule has 1 aliphatic rings. The van der Waals surface area contributed by atoms with Crippen molar-refractivity contribution in [2.75, 3.05) is 32.0 Å². The van der Waals surface area contributed by atoms with Crippen LogP contribution in [-0.2, 0) is 4.79 Å². The second kappa shape index (κ2) is 5.69. The molecule has 0 atom stereocenters. The molecular formula is C14H17N5OS. The molecule has 1 aromatic carbocycles. The van der Waals surface area contributed by atoms with E-state index in [0.717, 1.165) is 29.3 Å². The number of hydrogen-bond donors (Lipinski definition) is 2. The number of anilines is 1. The van der Waals surface area contributed by atoms with Crippen LogP contribution in [0.1, 0.15) is 5.56 Å². The molecule has 6 nitrogen and oxygen atoms in total. The Hall–Kier alpha value is -2.15. The van der Waals surface area contributed by atoms with Crippen LogP contribution in [0, 0.1) is 6.92 Å². The van der Waals surface area contributed by atoms with E-state index in [0.29, 0.717) is 5.13 Å². The molecule has 1 amide bonds. The number of thiazole rings is 1. The summed E-state index contributed by atoms with van der Waals surface area (Å²) in [6, 6.07) is 6.07. The first-order chi connectivity index (χ1) is 10.1. The Kier molecular flexibility index (Phi) is 3.74. The molecule has 1 aromatic heterocycles. The second-order valence-electron chi connectivity index (χ2n) is 5.03. The number of carbonyl (C=O) groups is 1. The molecule has 0 unspecified atom stereocenters. The van der Waals surface area contributed by atoms with Gasteiger partial charge in [0.1, 0.15) is 0 Å². The highest BCUT2D eigenvalue weighted by Crippen LogP contribution is 2.26. The fourth-order valence-corrected chi connectivity index (χ4v) is 3.16. The maximum absolute atomic E-state index is 12.1. The number of hydrogen-bond acceptors (Lipinski definition) is 6. The zero-order chi connectivity index (χ0) is 14.8. The summed E-state index contributed by atoms with van der Waals surface area (Å²) in [6.07, 6.45) is 0. The molecule has 0 radical (unpaired) electrons. The van der Waals surface area contributed by atoms with E-state index in [4.69, 9.17) is 0 Å². The van der Waals surface area contributed by atoms with E-state index >= 15 is 0 Å². The zero-order valence-electron chi connectivity index (χ0n) is 12.0. The highest BCUT2D eigenvalue weighted by atomic mass is 32.1. The number of nitrogens with zero attached hydrogens (tertiary/aromatic N) is 3. The largest absolute Gasteiger partial charge is 0.354 e. The van der Waals surface area contributed by atoms with E-state index in [1.165, 1.54) is 16.9 Å². The van der Waals surface area contributed by atoms with Gasteiger partial charge in [-0.25, -0.2) is 4.98 Å². The number of guanidine groups is 1. The van der Waals surface area contributed by atoms with E-state index in [2.05, 4.69) is 26.7 Å². The standard InChI is InChI=1S/C14H17N5OS/c1-9-3-4-10-11(7-9)21-14(17-10)18-12(20)8-19(2)13-15-5-6-16-13/h3-4,7H,5-6,8H2,1-2H3,(H,15,16)(H,17,18,20). The van der Waals surface area contributed by atoms with Crippen molar-refractivity contribution in [3.63, 3.8) is 0 Å². The fourth-order valence-electron chi connectivity index (χ4n) is 2.18. The van der Waals surface area contributed by atoms with E-state index in [1.54, 1.807) is 4.90 Å². The molecule has 0 bridgehead atoms. The second-order valence-corrected chi connectivity index (χ2v) is 6.06. The quantitative estimate of drug-likeness (QED) is 0.900. The first kappa shape index (κ1) is 13.8. The van der Waals surface area contributed by atoms with Crippen LogP contribution >= 0.6 is 11.3 Å². The summed E-state index contributed by atoms with van der Waals surface area (Å²) < 4.78 is 1.08. The normalized spacial score (nSPS) is 13.9. The van der Waals surface area contributed by atoms with Gasteiger partial charge in [-0.2, -0.15) is 0 Å². The maximum atomic E-state index is 12.1. The number of benzene rings is 1. The smallest absolute Gasteiger partial charge is 0.245 e. The Balaban J connectivity index is 1.65. The SMILES string of the molecule is Cc1ccc2nc(NC(=O)CN(C)C3=NCCN3)sc2c1. The summed E-state index contributed by atoms with van der Waals surface area (Å²) >= 11 is 1.49. The van der Waals surface area contributed by atoms with Gasteiger partial charge in [0.15, 0.2) is 11.1 Å². The molecule has 1 aliphatic heterocycles. The van der Waals surface area contributed by atoms with Gasteiger partial charge in [-0.3, -0.25) is 9.79 Å². The lowest BCUT2D eigenvalue weighted by Gasteiger charge is -2.17. The summed E-state index contributed by atoms with van der Waals surface area (Å²) in [6.45, 7) is 3.89. The predicted molar refractivity (Wildman–Crippen MR) is 85.9 cm³/mol. The average Bonchev–Trinajstić information content (AvgIpc) is 3.06. The molecule has 2 aromatic rings. The van der Waals surface area contributed by atoms with Gasteiger partial charge in [-0.1, -0.05) is 17.4 Å². The van der Waals surface area contributed by atoms with Crippen LogP contribution in [0.25, 0.3) is 10.2 Å². The minimum absolute atomic E-state index is 0.0929. The van der Waals surface area contributed by atoms with Crippen LogP contribution in [0.3, 0.4) is 0 Å². The summed E-state index contributed by atoms with van der Waals surface area (Å²) in [4.78, 5) is 22.6. The van der Waals surface area contributed by atoms with Crippen LogP contribution in [-0.4, -0.2) is 48.4 Å². The number of amides is 1. The van der Waals surface area contributed by atoms with E-state index in [-0.39, 0.29) is 12.5 Å². The number of likely N-dealkylation sites (N-methyl/N-ethyl adjacent to an activating group) is 1. The van der Waals surface area contributed by atoms with Crippen molar-refractivity contribution in [3.05, 3.63) is 23.8 Å². The Morgan fingerprint density at radius 3 is 3.14 bits per heavy atom. The molecule has 0 spiro atoms. The van der Waals surface area contributed by atoms with Gasteiger partial charge in [-0.05, 0) is 24.6 Å². The van der Waals surface area contributed by atoms with Crippen molar-refractivity contribution in [1.29, 1.82) is 0 Å². The van der Waals surface area contributed by atoms with E-state index < -0.39 is 0 Å².